The Morgan fingerprint density at radius 1 is 1.12 bits per heavy atom. The van der Waals surface area contributed by atoms with E-state index in [4.69, 9.17) is 0 Å². The van der Waals surface area contributed by atoms with Crippen molar-refractivity contribution in [2.45, 2.75) is 9.79 Å². The lowest BCUT2D eigenvalue weighted by Crippen LogP contribution is -3.12. The van der Waals surface area contributed by atoms with Crippen LogP contribution in [0.15, 0.2) is 58.8 Å². The molecule has 1 saturated heterocycles. The molecule has 0 amide bonds. The van der Waals surface area contributed by atoms with Gasteiger partial charge in [0.05, 0.1) is 44.6 Å². The fourth-order valence-electron chi connectivity index (χ4n) is 3.08. The summed E-state index contributed by atoms with van der Waals surface area (Å²) in [5.74, 6) is 0. The number of anilines is 2. The van der Waals surface area contributed by atoms with Crippen molar-refractivity contribution in [2.75, 3.05) is 38.5 Å². The second kappa shape index (κ2) is 6.51. The van der Waals surface area contributed by atoms with Crippen molar-refractivity contribution in [3.05, 3.63) is 54.6 Å². The highest BCUT2D eigenvalue weighted by atomic mass is 32.2. The highest BCUT2D eigenvalue weighted by Gasteiger charge is 2.19. The number of likely N-dealkylation sites (N-methyl/N-ethyl adjacent to an activating group) is 1. The molecular weight excluding hydrogens is 316 g/mol. The van der Waals surface area contributed by atoms with E-state index in [0.717, 1.165) is 30.0 Å². The number of benzene rings is 2. The van der Waals surface area contributed by atoms with Crippen LogP contribution in [0.25, 0.3) is 5.70 Å². The van der Waals surface area contributed by atoms with Crippen LogP contribution < -0.4 is 15.6 Å². The molecule has 0 atom stereocenters. The van der Waals surface area contributed by atoms with Crippen LogP contribution in [-0.2, 0) is 0 Å². The van der Waals surface area contributed by atoms with E-state index in [0.29, 0.717) is 0 Å². The summed E-state index contributed by atoms with van der Waals surface area (Å²) < 4.78 is 0. The first kappa shape index (κ1) is 15.6. The van der Waals surface area contributed by atoms with Gasteiger partial charge in [-0.1, -0.05) is 36.5 Å². The molecule has 0 aliphatic carbocycles. The van der Waals surface area contributed by atoms with Crippen LogP contribution in [0.1, 0.15) is 5.56 Å². The predicted molar refractivity (Wildman–Crippen MR) is 101 cm³/mol. The molecule has 2 aromatic rings. The number of fused-ring (bicyclic) bond motifs is 2. The molecule has 0 saturated carbocycles. The monoisotopic (exact) mass is 339 g/mol. The second-order valence-electron chi connectivity index (χ2n) is 6.47. The molecule has 2 heterocycles. The molecule has 2 aromatic carbocycles. The van der Waals surface area contributed by atoms with Crippen LogP contribution in [0.3, 0.4) is 0 Å². The van der Waals surface area contributed by atoms with Gasteiger partial charge < -0.3 is 15.6 Å². The van der Waals surface area contributed by atoms with Crippen LogP contribution >= 0.6 is 11.8 Å². The van der Waals surface area contributed by atoms with Crippen LogP contribution in [0.5, 0.6) is 0 Å². The third-order valence-electron chi connectivity index (χ3n) is 4.61. The number of nitrogens with zero attached hydrogens (tertiary/aromatic N) is 1. The number of hydrogen-bond acceptors (Lipinski definition) is 4. The first-order valence-corrected chi connectivity index (χ1v) is 9.21. The Morgan fingerprint density at radius 2 is 1.88 bits per heavy atom. The first-order chi connectivity index (χ1) is 11.7. The molecular formula is C19H23N4S+. The molecule has 3 N–H and O–H groups in total. The summed E-state index contributed by atoms with van der Waals surface area (Å²) in [6.07, 6.45) is 0. The number of para-hydroxylation sites is 1. The van der Waals surface area contributed by atoms with E-state index < -0.39 is 0 Å². The molecule has 24 heavy (non-hydrogen) atoms. The fraction of sp³-hybridized carbons (Fsp3) is 0.263. The summed E-state index contributed by atoms with van der Waals surface area (Å²) >= 11 is 1.81. The third kappa shape index (κ3) is 3.15. The number of quaternary nitrogens is 1. The normalized spacial score (nSPS) is 17.5. The molecule has 0 radical (unpaired) electrons. The predicted octanol–water partition coefficient (Wildman–Crippen LogP) is 2.20. The molecule has 0 spiro atoms. The Kier molecular flexibility index (Phi) is 4.22. The zero-order valence-electron chi connectivity index (χ0n) is 13.9. The van der Waals surface area contributed by atoms with Gasteiger partial charge in [-0.3, -0.25) is 0 Å². The van der Waals surface area contributed by atoms with Crippen LogP contribution in [0.4, 0.5) is 11.4 Å². The van der Waals surface area contributed by atoms with Gasteiger partial charge in [0.25, 0.3) is 0 Å². The maximum atomic E-state index is 4.24. The molecule has 2 aliphatic heterocycles. The number of piperazine rings is 1. The van der Waals surface area contributed by atoms with Crippen molar-refractivity contribution < 1.29 is 4.90 Å². The average Bonchev–Trinajstić information content (AvgIpc) is 2.61. The van der Waals surface area contributed by atoms with Crippen molar-refractivity contribution in [2.24, 2.45) is 0 Å². The van der Waals surface area contributed by atoms with Crippen molar-refractivity contribution in [1.82, 2.24) is 10.4 Å². The van der Waals surface area contributed by atoms with Gasteiger partial charge in [0.1, 0.15) is 0 Å². The molecule has 124 valence electrons. The van der Waals surface area contributed by atoms with Gasteiger partial charge in [-0.15, -0.1) is 0 Å². The highest BCUT2D eigenvalue weighted by Crippen LogP contribution is 2.44. The van der Waals surface area contributed by atoms with E-state index in [9.17, 15) is 0 Å². The summed E-state index contributed by atoms with van der Waals surface area (Å²) in [6, 6.07) is 14.9. The Hall–Kier alpha value is -1.95. The number of rotatable bonds is 3. The fourth-order valence-corrected chi connectivity index (χ4v) is 4.05. The van der Waals surface area contributed by atoms with Gasteiger partial charge in [-0.05, 0) is 24.3 Å². The lowest BCUT2D eigenvalue weighted by molar-refractivity contribution is -0.884. The van der Waals surface area contributed by atoms with E-state index in [1.807, 2.05) is 11.8 Å². The highest BCUT2D eigenvalue weighted by molar-refractivity contribution is 7.99. The SMILES string of the molecule is C=C(NN1CC[NH+](C)CC1)c1ccc2c(c1)Nc1ccccc1S2. The maximum Gasteiger partial charge on any atom is 0.0917 e. The molecule has 0 aromatic heterocycles. The van der Waals surface area contributed by atoms with E-state index in [1.54, 1.807) is 4.90 Å². The van der Waals surface area contributed by atoms with Gasteiger partial charge in [-0.25, -0.2) is 5.01 Å². The largest absolute Gasteiger partial charge is 0.354 e. The minimum absolute atomic E-state index is 0.961. The molecule has 4 nitrogen and oxygen atoms in total. The number of hydrazine groups is 1. The quantitative estimate of drug-likeness (QED) is 0.683. The van der Waals surface area contributed by atoms with E-state index >= 15 is 0 Å². The summed E-state index contributed by atoms with van der Waals surface area (Å²) in [6.45, 7) is 8.68. The molecule has 0 bridgehead atoms. The van der Waals surface area contributed by atoms with E-state index in [2.05, 4.69) is 71.8 Å². The van der Waals surface area contributed by atoms with E-state index in [-0.39, 0.29) is 0 Å². The topological polar surface area (TPSA) is 31.7 Å². The minimum Gasteiger partial charge on any atom is -0.354 e. The summed E-state index contributed by atoms with van der Waals surface area (Å²) in [7, 11) is 2.25. The Balaban J connectivity index is 1.49. The Labute approximate surface area is 147 Å². The van der Waals surface area contributed by atoms with Gasteiger partial charge in [0.2, 0.25) is 0 Å². The smallest absolute Gasteiger partial charge is 0.0917 e. The standard InChI is InChI=1S/C19H22N4S/c1-14(21-23-11-9-22(2)10-12-23)15-7-8-19-17(13-15)20-16-5-3-4-6-18(16)24-19/h3-8,13,20-21H,1,9-12H2,2H3/p+1. The third-order valence-corrected chi connectivity index (χ3v) is 5.77. The lowest BCUT2D eigenvalue weighted by Gasteiger charge is -2.31. The minimum atomic E-state index is 0.961. The summed E-state index contributed by atoms with van der Waals surface area (Å²) in [5, 5.41) is 5.81. The average molecular weight is 339 g/mol. The van der Waals surface area contributed by atoms with Crippen molar-refractivity contribution in [3.8, 4) is 0 Å². The molecule has 2 aliphatic rings. The van der Waals surface area contributed by atoms with Crippen LogP contribution in [0.2, 0.25) is 0 Å². The lowest BCUT2D eigenvalue weighted by atomic mass is 10.1. The zero-order valence-corrected chi connectivity index (χ0v) is 14.7. The Morgan fingerprint density at radius 3 is 2.71 bits per heavy atom. The van der Waals surface area contributed by atoms with Gasteiger partial charge >= 0.3 is 0 Å². The molecule has 0 unspecified atom stereocenters. The maximum absolute atomic E-state index is 4.24. The van der Waals surface area contributed by atoms with Gasteiger partial charge in [0.15, 0.2) is 0 Å². The zero-order chi connectivity index (χ0) is 16.5. The summed E-state index contributed by atoms with van der Waals surface area (Å²) in [5.41, 5.74) is 7.89. The number of nitrogens with one attached hydrogen (secondary N) is 3. The van der Waals surface area contributed by atoms with Crippen molar-refractivity contribution >= 4 is 28.8 Å². The van der Waals surface area contributed by atoms with Crippen LogP contribution in [-0.4, -0.2) is 38.2 Å². The van der Waals surface area contributed by atoms with E-state index in [1.165, 1.54) is 28.6 Å². The molecule has 5 heteroatoms. The second-order valence-corrected chi connectivity index (χ2v) is 7.55. The Bertz CT molecular complexity index is 766. The van der Waals surface area contributed by atoms with Crippen molar-refractivity contribution in [3.63, 3.8) is 0 Å². The first-order valence-electron chi connectivity index (χ1n) is 8.39. The summed E-state index contributed by atoms with van der Waals surface area (Å²) in [4.78, 5) is 4.12. The van der Waals surface area contributed by atoms with Gasteiger partial charge in [0, 0.05) is 21.1 Å². The van der Waals surface area contributed by atoms with Crippen molar-refractivity contribution in [1.29, 1.82) is 0 Å². The number of hydrogen-bond donors (Lipinski definition) is 3. The molecule has 1 fully saturated rings. The van der Waals surface area contributed by atoms with Gasteiger partial charge in [-0.2, -0.15) is 0 Å². The van der Waals surface area contributed by atoms with Crippen LogP contribution in [0, 0.1) is 0 Å². The molecule has 4 rings (SSSR count).